The van der Waals surface area contributed by atoms with E-state index in [4.69, 9.17) is 4.52 Å². The molecule has 1 N–H and O–H groups in total. The van der Waals surface area contributed by atoms with E-state index in [2.05, 4.69) is 10.1 Å². The second-order valence-corrected chi connectivity index (χ2v) is 6.57. The molecule has 1 amide bonds. The zero-order valence-electron chi connectivity index (χ0n) is 14.3. The molecule has 1 saturated heterocycles. The quantitative estimate of drug-likeness (QED) is 0.904. The van der Waals surface area contributed by atoms with E-state index in [0.29, 0.717) is 24.5 Å². The minimum Gasteiger partial charge on any atom is -0.386 e. The molecule has 1 fully saturated rings. The normalized spacial score (nSPS) is 20.6. The van der Waals surface area contributed by atoms with Crippen LogP contribution in [0.15, 0.2) is 28.9 Å². The number of aryl methyl sites for hydroxylation is 1. The van der Waals surface area contributed by atoms with Crippen LogP contribution in [0.3, 0.4) is 0 Å². The van der Waals surface area contributed by atoms with Crippen LogP contribution in [0.4, 0.5) is 10.2 Å². The number of β-amino-alcohol motifs (C(OH)–C–C–N with tert-alkyl or cyclic N) is 1. The van der Waals surface area contributed by atoms with Crippen molar-refractivity contribution in [3.05, 3.63) is 41.7 Å². The summed E-state index contributed by atoms with van der Waals surface area (Å²) in [5.41, 5.74) is -0.853. The van der Waals surface area contributed by atoms with E-state index in [0.717, 1.165) is 19.2 Å². The standard InChI is InChI=1S/C17H21FN4O3/c1-12-8-14(20-25-12)16(23)21(2)10-17(24)6-3-7-22(11-17)15-5-4-13(18)9-19-15/h4-5,8-9,24H,3,6-7,10-11H2,1-2H3. The van der Waals surface area contributed by atoms with Crippen molar-refractivity contribution in [2.45, 2.75) is 25.4 Å². The molecule has 134 valence electrons. The maximum atomic E-state index is 13.0. The van der Waals surface area contributed by atoms with Gasteiger partial charge < -0.3 is 19.4 Å². The molecule has 1 atom stereocenters. The molecule has 7 nitrogen and oxygen atoms in total. The number of rotatable bonds is 4. The first-order chi connectivity index (χ1) is 11.9. The van der Waals surface area contributed by atoms with Gasteiger partial charge in [-0.05, 0) is 31.9 Å². The minimum atomic E-state index is -1.07. The molecule has 0 aliphatic carbocycles. The van der Waals surface area contributed by atoms with Crippen LogP contribution in [0.25, 0.3) is 0 Å². The van der Waals surface area contributed by atoms with E-state index in [1.807, 2.05) is 4.90 Å². The number of likely N-dealkylation sites (N-methyl/N-ethyl adjacent to an activating group) is 1. The van der Waals surface area contributed by atoms with Gasteiger partial charge in [0.2, 0.25) is 0 Å². The Labute approximate surface area is 145 Å². The van der Waals surface area contributed by atoms with Gasteiger partial charge in [-0.2, -0.15) is 0 Å². The summed E-state index contributed by atoms with van der Waals surface area (Å²) >= 11 is 0. The lowest BCUT2D eigenvalue weighted by molar-refractivity contribution is -0.000380. The first kappa shape index (κ1) is 17.3. The van der Waals surface area contributed by atoms with Crippen molar-refractivity contribution in [1.29, 1.82) is 0 Å². The fourth-order valence-electron chi connectivity index (χ4n) is 3.17. The summed E-state index contributed by atoms with van der Waals surface area (Å²) in [4.78, 5) is 19.8. The molecular formula is C17H21FN4O3. The summed E-state index contributed by atoms with van der Waals surface area (Å²) in [6.45, 7) is 2.92. The smallest absolute Gasteiger partial charge is 0.275 e. The molecule has 1 aliphatic rings. The Morgan fingerprint density at radius 3 is 2.96 bits per heavy atom. The monoisotopic (exact) mass is 348 g/mol. The second-order valence-electron chi connectivity index (χ2n) is 6.57. The largest absolute Gasteiger partial charge is 0.386 e. The lowest BCUT2D eigenvalue weighted by atomic mass is 9.92. The highest BCUT2D eigenvalue weighted by atomic mass is 19.1. The number of aromatic nitrogens is 2. The summed E-state index contributed by atoms with van der Waals surface area (Å²) in [5.74, 6) is 0.467. The van der Waals surface area contributed by atoms with E-state index in [1.54, 1.807) is 26.1 Å². The van der Waals surface area contributed by atoms with Gasteiger partial charge in [-0.3, -0.25) is 4.79 Å². The predicted octanol–water partition coefficient (Wildman–Crippen LogP) is 1.62. The fraction of sp³-hybridized carbons (Fsp3) is 0.471. The third kappa shape index (κ3) is 3.96. The molecule has 1 aliphatic heterocycles. The minimum absolute atomic E-state index is 0.162. The molecule has 0 spiro atoms. The first-order valence-electron chi connectivity index (χ1n) is 8.14. The van der Waals surface area contributed by atoms with E-state index >= 15 is 0 Å². The molecule has 0 bridgehead atoms. The molecule has 3 heterocycles. The van der Waals surface area contributed by atoms with Crippen molar-refractivity contribution < 1.29 is 18.8 Å². The average molecular weight is 348 g/mol. The molecule has 8 heteroatoms. The van der Waals surface area contributed by atoms with Gasteiger partial charge in [0.15, 0.2) is 5.69 Å². The highest BCUT2D eigenvalue weighted by molar-refractivity contribution is 5.92. The summed E-state index contributed by atoms with van der Waals surface area (Å²) in [6, 6.07) is 4.51. The fourth-order valence-corrected chi connectivity index (χ4v) is 3.17. The Balaban J connectivity index is 1.68. The zero-order valence-corrected chi connectivity index (χ0v) is 14.3. The highest BCUT2D eigenvalue weighted by Crippen LogP contribution is 2.26. The van der Waals surface area contributed by atoms with Crippen molar-refractivity contribution in [2.75, 3.05) is 31.6 Å². The third-order valence-electron chi connectivity index (χ3n) is 4.32. The van der Waals surface area contributed by atoms with Crippen molar-refractivity contribution >= 4 is 11.7 Å². The molecule has 0 radical (unpaired) electrons. The van der Waals surface area contributed by atoms with Gasteiger partial charge >= 0.3 is 0 Å². The maximum absolute atomic E-state index is 13.0. The molecule has 2 aromatic heterocycles. The molecule has 25 heavy (non-hydrogen) atoms. The Morgan fingerprint density at radius 2 is 2.32 bits per heavy atom. The lowest BCUT2D eigenvalue weighted by Gasteiger charge is -2.41. The number of nitrogens with zero attached hydrogens (tertiary/aromatic N) is 4. The number of aliphatic hydroxyl groups is 1. The molecule has 3 rings (SSSR count). The van der Waals surface area contributed by atoms with Crippen LogP contribution >= 0.6 is 0 Å². The molecule has 2 aromatic rings. The number of carbonyl (C=O) groups excluding carboxylic acids is 1. The maximum Gasteiger partial charge on any atom is 0.275 e. The van der Waals surface area contributed by atoms with Crippen LogP contribution in [-0.4, -0.2) is 58.3 Å². The van der Waals surface area contributed by atoms with Gasteiger partial charge in [-0.15, -0.1) is 0 Å². The zero-order chi connectivity index (χ0) is 18.0. The van der Waals surface area contributed by atoms with Gasteiger partial charge in [0.25, 0.3) is 5.91 Å². The van der Waals surface area contributed by atoms with Gasteiger partial charge in [-0.25, -0.2) is 9.37 Å². The third-order valence-corrected chi connectivity index (χ3v) is 4.32. The summed E-state index contributed by atoms with van der Waals surface area (Å²) in [7, 11) is 1.62. The van der Waals surface area contributed by atoms with Crippen molar-refractivity contribution in [3.8, 4) is 0 Å². The number of pyridine rings is 1. The number of amides is 1. The number of halogens is 1. The van der Waals surface area contributed by atoms with E-state index in [9.17, 15) is 14.3 Å². The second kappa shape index (κ2) is 6.79. The topological polar surface area (TPSA) is 82.7 Å². The Morgan fingerprint density at radius 1 is 1.52 bits per heavy atom. The van der Waals surface area contributed by atoms with Gasteiger partial charge in [0.1, 0.15) is 17.4 Å². The number of piperidine rings is 1. The van der Waals surface area contributed by atoms with Crippen LogP contribution in [0, 0.1) is 12.7 Å². The van der Waals surface area contributed by atoms with Crippen LogP contribution < -0.4 is 4.90 Å². The van der Waals surface area contributed by atoms with Crippen LogP contribution in [0.2, 0.25) is 0 Å². The number of anilines is 1. The number of hydrogen-bond donors (Lipinski definition) is 1. The Hall–Kier alpha value is -2.48. The predicted molar refractivity (Wildman–Crippen MR) is 88.8 cm³/mol. The van der Waals surface area contributed by atoms with Gasteiger partial charge in [0.05, 0.1) is 18.3 Å². The van der Waals surface area contributed by atoms with Crippen LogP contribution in [0.1, 0.15) is 29.1 Å². The van der Waals surface area contributed by atoms with Crippen molar-refractivity contribution in [1.82, 2.24) is 15.0 Å². The summed E-state index contributed by atoms with van der Waals surface area (Å²) in [6.07, 6.45) is 2.48. The lowest BCUT2D eigenvalue weighted by Crippen LogP contribution is -2.54. The molecule has 0 saturated carbocycles. The van der Waals surface area contributed by atoms with Gasteiger partial charge in [-0.1, -0.05) is 5.16 Å². The van der Waals surface area contributed by atoms with Crippen LogP contribution in [-0.2, 0) is 0 Å². The average Bonchev–Trinajstić information content (AvgIpc) is 3.01. The van der Waals surface area contributed by atoms with Crippen molar-refractivity contribution in [3.63, 3.8) is 0 Å². The molecule has 0 aromatic carbocycles. The SMILES string of the molecule is Cc1cc(C(=O)N(C)CC2(O)CCCN(c3ccc(F)cn3)C2)no1. The Kier molecular flexibility index (Phi) is 4.71. The van der Waals surface area contributed by atoms with Crippen molar-refractivity contribution in [2.24, 2.45) is 0 Å². The van der Waals surface area contributed by atoms with Gasteiger partial charge in [0, 0.05) is 26.2 Å². The summed E-state index contributed by atoms with van der Waals surface area (Å²) in [5, 5.41) is 14.7. The van der Waals surface area contributed by atoms with E-state index < -0.39 is 11.4 Å². The van der Waals surface area contributed by atoms with E-state index in [-0.39, 0.29) is 18.1 Å². The number of carbonyl (C=O) groups is 1. The molecule has 1 unspecified atom stereocenters. The number of hydrogen-bond acceptors (Lipinski definition) is 6. The highest BCUT2D eigenvalue weighted by Gasteiger charge is 2.36. The van der Waals surface area contributed by atoms with E-state index in [1.165, 1.54) is 11.0 Å². The first-order valence-corrected chi connectivity index (χ1v) is 8.14. The Bertz CT molecular complexity index is 749. The van der Waals surface area contributed by atoms with Crippen LogP contribution in [0.5, 0.6) is 0 Å². The summed E-state index contributed by atoms with van der Waals surface area (Å²) < 4.78 is 18.0. The molecular weight excluding hydrogens is 327 g/mol.